The highest BCUT2D eigenvalue weighted by Crippen LogP contribution is 2.32. The summed E-state index contributed by atoms with van der Waals surface area (Å²) in [6, 6.07) is 11.9. The Morgan fingerprint density at radius 1 is 1.18 bits per heavy atom. The first kappa shape index (κ1) is 31.6. The number of nitrogens with two attached hydrogens (primary N) is 1. The second-order valence-electron chi connectivity index (χ2n) is 9.09. The molecule has 1 saturated heterocycles. The van der Waals surface area contributed by atoms with Gasteiger partial charge in [0.25, 0.3) is 0 Å². The van der Waals surface area contributed by atoms with Crippen molar-refractivity contribution in [1.29, 1.82) is 5.41 Å². The monoisotopic (exact) mass is 616 g/mol. The number of ether oxygens (including phenoxy) is 2. The van der Waals surface area contributed by atoms with Gasteiger partial charge in [0.1, 0.15) is 18.0 Å². The molecule has 212 valence electrons. The molecule has 6 N–H and O–H groups in total. The van der Waals surface area contributed by atoms with Gasteiger partial charge in [0.15, 0.2) is 0 Å². The molecule has 1 unspecified atom stereocenters. The average molecular weight is 617 g/mol. The normalized spacial score (nSPS) is 14.5. The Labute approximate surface area is 230 Å². The van der Waals surface area contributed by atoms with Crippen molar-refractivity contribution in [3.8, 4) is 5.75 Å². The molecular formula is C25H28BrF3N4O6. The topological polar surface area (TPSA) is 164 Å². The number of hydrogen-bond donors (Lipinski definition) is 5. The van der Waals surface area contributed by atoms with Gasteiger partial charge in [-0.05, 0) is 64.8 Å². The number of alkyl halides is 3. The number of rotatable bonds is 9. The van der Waals surface area contributed by atoms with Crippen LogP contribution in [-0.4, -0.2) is 54.7 Å². The van der Waals surface area contributed by atoms with Crippen molar-refractivity contribution in [2.24, 2.45) is 11.1 Å². The maximum Gasteiger partial charge on any atom is 0.490 e. The molecule has 2 amide bonds. The minimum absolute atomic E-state index is 0.0510. The fourth-order valence-corrected chi connectivity index (χ4v) is 3.66. The van der Waals surface area contributed by atoms with Crippen molar-refractivity contribution >= 4 is 45.2 Å². The number of carboxylic acid groups (broad SMARTS) is 1. The van der Waals surface area contributed by atoms with Gasteiger partial charge in [-0.25, -0.2) is 4.79 Å². The van der Waals surface area contributed by atoms with E-state index >= 15 is 0 Å². The average Bonchev–Trinajstić information content (AvgIpc) is 2.82. The number of benzene rings is 2. The molecule has 10 nitrogen and oxygen atoms in total. The molecule has 0 radical (unpaired) electrons. The molecule has 1 fully saturated rings. The van der Waals surface area contributed by atoms with Crippen LogP contribution in [0.15, 0.2) is 46.9 Å². The van der Waals surface area contributed by atoms with Crippen molar-refractivity contribution in [1.82, 2.24) is 5.32 Å². The first-order valence-electron chi connectivity index (χ1n) is 11.4. The molecule has 1 aliphatic rings. The van der Waals surface area contributed by atoms with Crippen LogP contribution in [0.4, 0.5) is 18.9 Å². The van der Waals surface area contributed by atoms with Gasteiger partial charge in [-0.2, -0.15) is 13.2 Å². The Morgan fingerprint density at radius 3 is 2.23 bits per heavy atom. The van der Waals surface area contributed by atoms with Crippen LogP contribution in [-0.2, 0) is 19.1 Å². The summed E-state index contributed by atoms with van der Waals surface area (Å²) >= 11 is 3.53. The lowest BCUT2D eigenvalue weighted by atomic mass is 9.90. The van der Waals surface area contributed by atoms with E-state index in [0.29, 0.717) is 31.1 Å². The zero-order chi connectivity index (χ0) is 29.4. The number of carbonyl (C=O) groups excluding carboxylic acids is 2. The van der Waals surface area contributed by atoms with Gasteiger partial charge in [0, 0.05) is 16.7 Å². The van der Waals surface area contributed by atoms with Gasteiger partial charge in [-0.3, -0.25) is 15.0 Å². The molecule has 2 aromatic rings. The van der Waals surface area contributed by atoms with E-state index in [2.05, 4.69) is 33.5 Å². The SMILES string of the molecule is CC(NC(=O)CC(=O)Nc1ccc(C(=N)N)cc1)c1ccc(OCC2(C)COC2)c(Br)c1.O=C(O)C(F)(F)F. The number of halogens is 4. The number of carbonyl (C=O) groups is 3. The molecule has 0 saturated carbocycles. The third-order valence-electron chi connectivity index (χ3n) is 5.35. The summed E-state index contributed by atoms with van der Waals surface area (Å²) in [7, 11) is 0. The van der Waals surface area contributed by atoms with Gasteiger partial charge in [-0.15, -0.1) is 0 Å². The van der Waals surface area contributed by atoms with Crippen LogP contribution in [0.2, 0.25) is 0 Å². The van der Waals surface area contributed by atoms with E-state index < -0.39 is 18.1 Å². The van der Waals surface area contributed by atoms with Gasteiger partial charge >= 0.3 is 12.1 Å². The van der Waals surface area contributed by atoms with Crippen LogP contribution in [0.25, 0.3) is 0 Å². The number of amidine groups is 1. The molecule has 1 heterocycles. The molecule has 0 aliphatic carbocycles. The van der Waals surface area contributed by atoms with Gasteiger partial charge in [0.2, 0.25) is 11.8 Å². The number of nitrogens with one attached hydrogen (secondary N) is 3. The first-order valence-corrected chi connectivity index (χ1v) is 12.2. The van der Waals surface area contributed by atoms with Crippen molar-refractivity contribution in [2.75, 3.05) is 25.1 Å². The molecule has 0 spiro atoms. The van der Waals surface area contributed by atoms with Crippen LogP contribution in [0.3, 0.4) is 0 Å². The molecule has 39 heavy (non-hydrogen) atoms. The van der Waals surface area contributed by atoms with E-state index in [9.17, 15) is 22.8 Å². The van der Waals surface area contributed by atoms with Crippen LogP contribution < -0.4 is 21.1 Å². The number of amides is 2. The zero-order valence-electron chi connectivity index (χ0n) is 21.0. The highest BCUT2D eigenvalue weighted by molar-refractivity contribution is 9.10. The summed E-state index contributed by atoms with van der Waals surface area (Å²) in [5.41, 5.74) is 7.44. The summed E-state index contributed by atoms with van der Waals surface area (Å²) in [6.07, 6.45) is -5.39. The number of nitrogen functional groups attached to an aromatic ring is 1. The van der Waals surface area contributed by atoms with E-state index in [1.807, 2.05) is 25.1 Å². The smallest absolute Gasteiger partial charge is 0.490 e. The maximum absolute atomic E-state index is 12.3. The lowest BCUT2D eigenvalue weighted by Crippen LogP contribution is -2.44. The minimum Gasteiger partial charge on any atom is -0.492 e. The molecule has 14 heteroatoms. The van der Waals surface area contributed by atoms with Crippen molar-refractivity contribution in [3.05, 3.63) is 58.1 Å². The Kier molecular flexibility index (Phi) is 10.9. The largest absolute Gasteiger partial charge is 0.492 e. The number of hydrogen-bond acceptors (Lipinski definition) is 6. The summed E-state index contributed by atoms with van der Waals surface area (Å²) in [5, 5.41) is 20.0. The van der Waals surface area contributed by atoms with Crippen molar-refractivity contribution in [3.63, 3.8) is 0 Å². The van der Waals surface area contributed by atoms with Gasteiger partial charge < -0.3 is 30.9 Å². The number of carboxylic acids is 1. The number of anilines is 1. The van der Waals surface area contributed by atoms with E-state index in [0.717, 1.165) is 15.8 Å². The fourth-order valence-electron chi connectivity index (χ4n) is 3.15. The highest BCUT2D eigenvalue weighted by atomic mass is 79.9. The van der Waals surface area contributed by atoms with Crippen molar-refractivity contribution in [2.45, 2.75) is 32.5 Å². The van der Waals surface area contributed by atoms with E-state index in [-0.39, 0.29) is 29.6 Å². The molecule has 1 aliphatic heterocycles. The summed E-state index contributed by atoms with van der Waals surface area (Å²) in [5.74, 6) is -2.89. The van der Waals surface area contributed by atoms with Gasteiger partial charge in [-0.1, -0.05) is 13.0 Å². The Morgan fingerprint density at radius 2 is 1.77 bits per heavy atom. The third-order valence-corrected chi connectivity index (χ3v) is 5.97. The van der Waals surface area contributed by atoms with Crippen LogP contribution in [0.5, 0.6) is 5.75 Å². The summed E-state index contributed by atoms with van der Waals surface area (Å²) < 4.78 is 43.7. The number of aliphatic carboxylic acids is 1. The first-order chi connectivity index (χ1) is 18.1. The fraction of sp³-hybridized carbons (Fsp3) is 0.360. The zero-order valence-corrected chi connectivity index (χ0v) is 22.6. The third kappa shape index (κ3) is 10.2. The van der Waals surface area contributed by atoms with E-state index in [4.69, 9.17) is 30.5 Å². The minimum atomic E-state index is -5.08. The second kappa shape index (κ2) is 13.4. The lowest BCUT2D eigenvalue weighted by molar-refractivity contribution is -0.192. The summed E-state index contributed by atoms with van der Waals surface area (Å²) in [4.78, 5) is 33.4. The Balaban J connectivity index is 0.000000673. The highest BCUT2D eigenvalue weighted by Gasteiger charge is 2.38. The predicted molar refractivity (Wildman–Crippen MR) is 140 cm³/mol. The van der Waals surface area contributed by atoms with E-state index in [1.165, 1.54) is 0 Å². The van der Waals surface area contributed by atoms with E-state index in [1.54, 1.807) is 24.3 Å². The van der Waals surface area contributed by atoms with Gasteiger partial charge in [0.05, 0.1) is 30.3 Å². The second-order valence-corrected chi connectivity index (χ2v) is 9.94. The quantitative estimate of drug-likeness (QED) is 0.161. The van der Waals surface area contributed by atoms with Crippen LogP contribution in [0, 0.1) is 10.8 Å². The van der Waals surface area contributed by atoms with Crippen molar-refractivity contribution < 1.29 is 42.1 Å². The van der Waals surface area contributed by atoms with Crippen LogP contribution in [0.1, 0.15) is 37.4 Å². The Bertz CT molecular complexity index is 1200. The molecule has 2 aromatic carbocycles. The molecule has 3 rings (SSSR count). The maximum atomic E-state index is 12.3. The molecule has 1 atom stereocenters. The standard InChI is InChI=1S/C23H27BrN4O4.C2HF3O2/c1-14(16-5-8-19(18(24)9-16)32-13-23(2)11-31-12-23)27-20(29)10-21(30)28-17-6-3-15(4-7-17)22(25)26;3-2(4,5)1(6)7/h3-9,14H,10-13H2,1-2H3,(H3,25,26)(H,27,29)(H,28,30);(H,6,7). The summed E-state index contributed by atoms with van der Waals surface area (Å²) in [6.45, 7) is 5.94. The molecule has 0 bridgehead atoms. The molecule has 0 aromatic heterocycles. The Hall–Kier alpha value is -3.65. The molecular weight excluding hydrogens is 589 g/mol. The lowest BCUT2D eigenvalue weighted by Gasteiger charge is -2.37. The predicted octanol–water partition coefficient (Wildman–Crippen LogP) is 3.99. The van der Waals surface area contributed by atoms with Crippen LogP contribution >= 0.6 is 15.9 Å².